The van der Waals surface area contributed by atoms with Gasteiger partial charge in [0.2, 0.25) is 0 Å². The number of carbonyl (C=O) groups excluding carboxylic acids is 1. The summed E-state index contributed by atoms with van der Waals surface area (Å²) in [4.78, 5) is 20.9. The summed E-state index contributed by atoms with van der Waals surface area (Å²) in [5.41, 5.74) is 1.04. The van der Waals surface area contributed by atoms with E-state index in [4.69, 9.17) is 31.1 Å². The molecule has 0 radical (unpaired) electrons. The van der Waals surface area contributed by atoms with Crippen LogP contribution in [0.1, 0.15) is 66.2 Å². The number of hydrogen-bond acceptors (Lipinski definition) is 10. The Balaban J connectivity index is 1.38. The third kappa shape index (κ3) is 13.3. The number of anilines is 2. The third-order valence-electron chi connectivity index (χ3n) is 6.69. The molecule has 1 unspecified atom stereocenters. The molecule has 0 aromatic carbocycles. The number of alkyl carbamates (subject to hydrolysis) is 1. The summed E-state index contributed by atoms with van der Waals surface area (Å²) in [6.07, 6.45) is 6.58. The Bertz CT molecular complexity index is 1180. The van der Waals surface area contributed by atoms with E-state index in [1.165, 1.54) is 0 Å². The van der Waals surface area contributed by atoms with Gasteiger partial charge >= 0.3 is 6.09 Å². The lowest BCUT2D eigenvalue weighted by molar-refractivity contribution is 0.0492. The van der Waals surface area contributed by atoms with Gasteiger partial charge in [-0.1, -0.05) is 17.7 Å². The minimum atomic E-state index is -0.509. The third-order valence-corrected chi connectivity index (χ3v) is 7.00. The first-order valence-electron chi connectivity index (χ1n) is 15.0. The van der Waals surface area contributed by atoms with Crippen molar-refractivity contribution < 1.29 is 19.0 Å². The van der Waals surface area contributed by atoms with E-state index in [-0.39, 0.29) is 6.04 Å². The van der Waals surface area contributed by atoms with Crippen LogP contribution in [0.3, 0.4) is 0 Å². The van der Waals surface area contributed by atoms with E-state index in [0.717, 1.165) is 42.8 Å². The molecule has 1 atom stereocenters. The van der Waals surface area contributed by atoms with Crippen molar-refractivity contribution >= 4 is 29.3 Å². The molecule has 3 rings (SSSR count). The lowest BCUT2D eigenvalue weighted by atomic mass is 9.90. The van der Waals surface area contributed by atoms with Gasteiger partial charge in [-0.05, 0) is 78.0 Å². The molecule has 0 bridgehead atoms. The van der Waals surface area contributed by atoms with Crippen LogP contribution in [0.4, 0.5) is 16.4 Å². The Morgan fingerprint density at radius 1 is 1.14 bits per heavy atom. The molecule has 2 heterocycles. The number of rotatable bonds is 16. The fraction of sp³-hybridized carbons (Fsp3) is 0.613. The average Bonchev–Trinajstić information content (AvgIpc) is 2.96. The molecule has 1 fully saturated rings. The van der Waals surface area contributed by atoms with Crippen LogP contribution >= 0.6 is 11.6 Å². The van der Waals surface area contributed by atoms with E-state index >= 15 is 0 Å². The number of nitrogens with one attached hydrogen (secondary N) is 4. The second-order valence-corrected chi connectivity index (χ2v) is 12.1. The number of amides is 1. The number of halogens is 1. The van der Waals surface area contributed by atoms with Gasteiger partial charge < -0.3 is 35.5 Å². The van der Waals surface area contributed by atoms with E-state index in [1.54, 1.807) is 6.20 Å². The summed E-state index contributed by atoms with van der Waals surface area (Å²) in [6, 6.07) is 10.7. The maximum Gasteiger partial charge on any atom is 0.407 e. The highest BCUT2D eigenvalue weighted by Crippen LogP contribution is 2.30. The van der Waals surface area contributed by atoms with E-state index in [9.17, 15) is 4.79 Å². The van der Waals surface area contributed by atoms with Crippen molar-refractivity contribution in [3.8, 4) is 17.3 Å². The Kier molecular flexibility index (Phi) is 14.2. The molecule has 0 aliphatic heterocycles. The van der Waals surface area contributed by atoms with Gasteiger partial charge in [0.1, 0.15) is 24.0 Å². The van der Waals surface area contributed by atoms with Gasteiger partial charge in [0.25, 0.3) is 0 Å². The molecule has 43 heavy (non-hydrogen) atoms. The topological polar surface area (TPSA) is 142 Å². The molecular formula is C31H46ClN7O4. The lowest BCUT2D eigenvalue weighted by Crippen LogP contribution is -2.43. The van der Waals surface area contributed by atoms with E-state index in [1.807, 2.05) is 45.0 Å². The number of nitrogens with zero attached hydrogens (tertiary/aromatic N) is 3. The monoisotopic (exact) mass is 615 g/mol. The van der Waals surface area contributed by atoms with E-state index in [2.05, 4.69) is 44.2 Å². The number of pyridine rings is 2. The first-order valence-corrected chi connectivity index (χ1v) is 15.4. The molecule has 236 valence electrons. The molecule has 0 spiro atoms. The minimum absolute atomic E-state index is 0.212. The van der Waals surface area contributed by atoms with Gasteiger partial charge in [-0.2, -0.15) is 5.26 Å². The van der Waals surface area contributed by atoms with Crippen LogP contribution in [-0.4, -0.2) is 72.9 Å². The summed E-state index contributed by atoms with van der Waals surface area (Å²) in [5, 5.41) is 22.3. The Hall–Kier alpha value is -3.17. The fourth-order valence-electron chi connectivity index (χ4n) is 4.71. The van der Waals surface area contributed by atoms with Crippen molar-refractivity contribution in [1.29, 1.82) is 5.26 Å². The van der Waals surface area contributed by atoms with Crippen molar-refractivity contribution in [3.05, 3.63) is 35.5 Å². The molecule has 1 saturated carbocycles. The Morgan fingerprint density at radius 2 is 1.91 bits per heavy atom. The number of ether oxygens (including phenoxy) is 3. The van der Waals surface area contributed by atoms with Gasteiger partial charge in [0.15, 0.2) is 0 Å². The van der Waals surface area contributed by atoms with Crippen molar-refractivity contribution in [2.75, 3.05) is 43.7 Å². The van der Waals surface area contributed by atoms with Crippen LogP contribution < -0.4 is 21.3 Å². The first-order chi connectivity index (χ1) is 20.6. The van der Waals surface area contributed by atoms with Crippen LogP contribution in [0.5, 0.6) is 0 Å². The van der Waals surface area contributed by atoms with Crippen molar-refractivity contribution in [2.24, 2.45) is 0 Å². The zero-order chi connectivity index (χ0) is 31.1. The molecule has 0 saturated heterocycles. The quantitative estimate of drug-likeness (QED) is 0.137. The summed E-state index contributed by atoms with van der Waals surface area (Å²) in [6.45, 7) is 9.89. The Labute approximate surface area is 260 Å². The van der Waals surface area contributed by atoms with Crippen LogP contribution in [-0.2, 0) is 14.2 Å². The minimum Gasteiger partial charge on any atom is -0.444 e. The standard InChI is InChI=1S/C31H46ClN7O4/c1-22(20-41-17-15-34-30(40)43-31(2,3)4)37-23-10-12-24(13-11-23)38-29-18-25(26(32)19-35-29)27-8-7-9-28(39-27)36-21-42-16-6-5-14-33/h7-9,18-19,22-24,37H,5-6,10-13,15-17,20-21H2,1-4H3,(H,34,40)(H,35,38)(H,36,39)/t22?,23-,24-. The highest BCUT2D eigenvalue weighted by molar-refractivity contribution is 6.33. The highest BCUT2D eigenvalue weighted by atomic mass is 35.5. The second-order valence-electron chi connectivity index (χ2n) is 11.7. The van der Waals surface area contributed by atoms with Crippen molar-refractivity contribution in [2.45, 2.75) is 89.9 Å². The van der Waals surface area contributed by atoms with Crippen LogP contribution in [0.25, 0.3) is 11.3 Å². The van der Waals surface area contributed by atoms with Gasteiger partial charge in [-0.15, -0.1) is 0 Å². The zero-order valence-corrected chi connectivity index (χ0v) is 26.5. The summed E-state index contributed by atoms with van der Waals surface area (Å²) >= 11 is 6.51. The smallest absolute Gasteiger partial charge is 0.407 e. The number of hydrogen-bond donors (Lipinski definition) is 4. The molecule has 4 N–H and O–H groups in total. The lowest BCUT2D eigenvalue weighted by Gasteiger charge is -2.32. The van der Waals surface area contributed by atoms with Gasteiger partial charge in [-0.25, -0.2) is 14.8 Å². The van der Waals surface area contributed by atoms with Crippen LogP contribution in [0, 0.1) is 11.3 Å². The number of carbonyl (C=O) groups is 1. The van der Waals surface area contributed by atoms with Crippen molar-refractivity contribution in [3.63, 3.8) is 0 Å². The van der Waals surface area contributed by atoms with E-state index in [0.29, 0.717) is 68.9 Å². The molecule has 2 aromatic heterocycles. The zero-order valence-electron chi connectivity index (χ0n) is 25.7. The molecule has 11 nitrogen and oxygen atoms in total. The summed E-state index contributed by atoms with van der Waals surface area (Å²) in [7, 11) is 0. The number of unbranched alkanes of at least 4 members (excludes halogenated alkanes) is 1. The fourth-order valence-corrected chi connectivity index (χ4v) is 4.91. The Morgan fingerprint density at radius 3 is 2.65 bits per heavy atom. The van der Waals surface area contributed by atoms with Crippen molar-refractivity contribution in [1.82, 2.24) is 20.6 Å². The van der Waals surface area contributed by atoms with Gasteiger partial charge in [0, 0.05) is 49.5 Å². The SMILES string of the molecule is CC(COCCNC(=O)OC(C)(C)C)N[C@H]1CC[C@H](Nc2cc(-c3cccc(NCOCCCC#N)n3)c(Cl)cn2)CC1. The van der Waals surface area contributed by atoms with Gasteiger partial charge in [-0.3, -0.25) is 0 Å². The molecular weight excluding hydrogens is 570 g/mol. The predicted octanol–water partition coefficient (Wildman–Crippen LogP) is 5.73. The predicted molar refractivity (Wildman–Crippen MR) is 169 cm³/mol. The number of nitriles is 1. The molecule has 12 heteroatoms. The average molecular weight is 616 g/mol. The summed E-state index contributed by atoms with van der Waals surface area (Å²) < 4.78 is 16.5. The molecule has 2 aromatic rings. The van der Waals surface area contributed by atoms with Gasteiger partial charge in [0.05, 0.1) is 30.0 Å². The molecule has 1 aliphatic rings. The maximum absolute atomic E-state index is 11.7. The second kappa shape index (κ2) is 17.8. The molecule has 1 aliphatic carbocycles. The normalized spacial score (nSPS) is 17.5. The number of aromatic nitrogens is 2. The first kappa shape index (κ1) is 34.3. The maximum atomic E-state index is 11.7. The van der Waals surface area contributed by atoms with Crippen LogP contribution in [0.2, 0.25) is 5.02 Å². The largest absolute Gasteiger partial charge is 0.444 e. The summed E-state index contributed by atoms with van der Waals surface area (Å²) in [5.74, 6) is 1.46. The molecule has 1 amide bonds. The van der Waals surface area contributed by atoms with Crippen LogP contribution in [0.15, 0.2) is 30.5 Å². The highest BCUT2D eigenvalue weighted by Gasteiger charge is 2.23. The van der Waals surface area contributed by atoms with E-state index < -0.39 is 11.7 Å².